The third-order valence-electron chi connectivity index (χ3n) is 2.63. The minimum Gasteiger partial charge on any atom is -0.377 e. The highest BCUT2D eigenvalue weighted by Gasteiger charge is 2.01. The fourth-order valence-electron chi connectivity index (χ4n) is 1.61. The standard InChI is InChI=1S/C13H23NOS/c1-4-5-12(3)15-8-7-14-10-13-11(2)6-9-16-13/h6,9,12,14H,4-5,7-8,10H2,1-3H3. The molecule has 0 radical (unpaired) electrons. The normalized spacial score (nSPS) is 12.9. The van der Waals surface area contributed by atoms with Gasteiger partial charge in [0.1, 0.15) is 0 Å². The third-order valence-corrected chi connectivity index (χ3v) is 3.65. The first-order valence-corrected chi connectivity index (χ1v) is 6.97. The maximum absolute atomic E-state index is 5.67. The molecule has 0 aromatic carbocycles. The highest BCUT2D eigenvalue weighted by atomic mass is 32.1. The summed E-state index contributed by atoms with van der Waals surface area (Å²) >= 11 is 1.82. The summed E-state index contributed by atoms with van der Waals surface area (Å²) in [5.74, 6) is 0. The SMILES string of the molecule is CCCC(C)OCCNCc1sccc1C. The minimum absolute atomic E-state index is 0.398. The van der Waals surface area contributed by atoms with Gasteiger partial charge in [0.15, 0.2) is 0 Å². The van der Waals surface area contributed by atoms with Gasteiger partial charge in [-0.05, 0) is 37.3 Å². The fraction of sp³-hybridized carbons (Fsp3) is 0.692. The molecule has 0 spiro atoms. The van der Waals surface area contributed by atoms with Gasteiger partial charge in [-0.1, -0.05) is 13.3 Å². The average molecular weight is 241 g/mol. The molecule has 1 heterocycles. The van der Waals surface area contributed by atoms with E-state index in [9.17, 15) is 0 Å². The van der Waals surface area contributed by atoms with Crippen LogP contribution >= 0.6 is 11.3 Å². The topological polar surface area (TPSA) is 21.3 Å². The second kappa shape index (κ2) is 7.82. The van der Waals surface area contributed by atoms with E-state index in [2.05, 4.69) is 37.5 Å². The smallest absolute Gasteiger partial charge is 0.0594 e. The summed E-state index contributed by atoms with van der Waals surface area (Å²) in [5.41, 5.74) is 1.39. The van der Waals surface area contributed by atoms with Crippen LogP contribution in [0.15, 0.2) is 11.4 Å². The van der Waals surface area contributed by atoms with Gasteiger partial charge in [-0.3, -0.25) is 0 Å². The molecule has 0 saturated heterocycles. The zero-order valence-corrected chi connectivity index (χ0v) is 11.4. The van der Waals surface area contributed by atoms with Crippen molar-refractivity contribution in [3.8, 4) is 0 Å². The van der Waals surface area contributed by atoms with E-state index >= 15 is 0 Å². The maximum atomic E-state index is 5.67. The molecule has 1 unspecified atom stereocenters. The summed E-state index contributed by atoms with van der Waals surface area (Å²) in [6.07, 6.45) is 2.75. The van der Waals surface area contributed by atoms with Crippen molar-refractivity contribution in [3.63, 3.8) is 0 Å². The molecule has 1 aromatic rings. The van der Waals surface area contributed by atoms with Gasteiger partial charge in [0.05, 0.1) is 12.7 Å². The molecule has 0 aliphatic carbocycles. The van der Waals surface area contributed by atoms with Crippen LogP contribution in [0.2, 0.25) is 0 Å². The number of ether oxygens (including phenoxy) is 1. The molecule has 1 aromatic heterocycles. The molecule has 0 aliphatic rings. The van der Waals surface area contributed by atoms with Gasteiger partial charge in [0.2, 0.25) is 0 Å². The van der Waals surface area contributed by atoms with Crippen molar-refractivity contribution in [2.75, 3.05) is 13.2 Å². The van der Waals surface area contributed by atoms with Crippen molar-refractivity contribution in [2.45, 2.75) is 46.3 Å². The largest absolute Gasteiger partial charge is 0.377 e. The highest BCUT2D eigenvalue weighted by Crippen LogP contribution is 2.14. The lowest BCUT2D eigenvalue weighted by molar-refractivity contribution is 0.0617. The molecule has 16 heavy (non-hydrogen) atoms. The number of aryl methyl sites for hydroxylation is 1. The molecule has 3 heteroatoms. The summed E-state index contributed by atoms with van der Waals surface area (Å²) in [7, 11) is 0. The second-order valence-corrected chi connectivity index (χ2v) is 5.17. The van der Waals surface area contributed by atoms with E-state index in [1.807, 2.05) is 11.3 Å². The Kier molecular flexibility index (Phi) is 6.69. The number of thiophene rings is 1. The number of hydrogen-bond donors (Lipinski definition) is 1. The minimum atomic E-state index is 0.398. The zero-order chi connectivity index (χ0) is 11.8. The Labute approximate surface area is 103 Å². The molecular weight excluding hydrogens is 218 g/mol. The predicted octanol–water partition coefficient (Wildman–Crippen LogP) is 3.35. The molecule has 0 saturated carbocycles. The zero-order valence-electron chi connectivity index (χ0n) is 10.6. The van der Waals surface area contributed by atoms with Crippen LogP contribution in [0, 0.1) is 6.92 Å². The third kappa shape index (κ3) is 5.10. The number of hydrogen-bond acceptors (Lipinski definition) is 3. The van der Waals surface area contributed by atoms with Crippen LogP contribution in [-0.2, 0) is 11.3 Å². The molecule has 92 valence electrons. The molecule has 1 atom stereocenters. The molecule has 2 nitrogen and oxygen atoms in total. The van der Waals surface area contributed by atoms with Crippen molar-refractivity contribution >= 4 is 11.3 Å². The van der Waals surface area contributed by atoms with Crippen LogP contribution < -0.4 is 5.32 Å². The summed E-state index contributed by atoms with van der Waals surface area (Å²) in [6, 6.07) is 2.17. The average Bonchev–Trinajstić information content (AvgIpc) is 2.64. The van der Waals surface area contributed by atoms with Gasteiger partial charge in [-0.2, -0.15) is 0 Å². The Morgan fingerprint density at radius 1 is 1.50 bits per heavy atom. The van der Waals surface area contributed by atoms with Crippen molar-refractivity contribution < 1.29 is 4.74 Å². The Morgan fingerprint density at radius 3 is 2.94 bits per heavy atom. The van der Waals surface area contributed by atoms with Gasteiger partial charge in [-0.25, -0.2) is 0 Å². The van der Waals surface area contributed by atoms with Gasteiger partial charge in [-0.15, -0.1) is 11.3 Å². The van der Waals surface area contributed by atoms with Crippen LogP contribution in [0.3, 0.4) is 0 Å². The molecule has 1 N–H and O–H groups in total. The van der Waals surface area contributed by atoms with E-state index < -0.39 is 0 Å². The molecule has 0 aliphatic heterocycles. The summed E-state index contributed by atoms with van der Waals surface area (Å²) in [5, 5.41) is 5.56. The highest BCUT2D eigenvalue weighted by molar-refractivity contribution is 7.10. The molecule has 0 amide bonds. The first kappa shape index (κ1) is 13.7. The maximum Gasteiger partial charge on any atom is 0.0594 e. The van der Waals surface area contributed by atoms with Gasteiger partial charge in [0.25, 0.3) is 0 Å². The van der Waals surface area contributed by atoms with Crippen molar-refractivity contribution in [1.82, 2.24) is 5.32 Å². The first-order chi connectivity index (χ1) is 7.74. The molecule has 0 bridgehead atoms. The van der Waals surface area contributed by atoms with Crippen LogP contribution in [0.5, 0.6) is 0 Å². The fourth-order valence-corrected chi connectivity index (χ4v) is 2.49. The lowest BCUT2D eigenvalue weighted by Crippen LogP contribution is -2.21. The Balaban J connectivity index is 2.02. The Morgan fingerprint density at radius 2 is 2.31 bits per heavy atom. The van der Waals surface area contributed by atoms with Crippen LogP contribution in [0.4, 0.5) is 0 Å². The molecular formula is C13H23NOS. The summed E-state index contributed by atoms with van der Waals surface area (Å²) in [4.78, 5) is 1.43. The van der Waals surface area contributed by atoms with E-state index in [-0.39, 0.29) is 0 Å². The van der Waals surface area contributed by atoms with Gasteiger partial charge < -0.3 is 10.1 Å². The van der Waals surface area contributed by atoms with Crippen molar-refractivity contribution in [2.24, 2.45) is 0 Å². The lowest BCUT2D eigenvalue weighted by Gasteiger charge is -2.12. The van der Waals surface area contributed by atoms with E-state index in [1.165, 1.54) is 16.9 Å². The Hall–Kier alpha value is -0.380. The van der Waals surface area contributed by atoms with Crippen LogP contribution in [-0.4, -0.2) is 19.3 Å². The number of nitrogens with one attached hydrogen (secondary N) is 1. The van der Waals surface area contributed by atoms with E-state index in [4.69, 9.17) is 4.74 Å². The molecule has 0 fully saturated rings. The van der Waals surface area contributed by atoms with Gasteiger partial charge >= 0.3 is 0 Å². The van der Waals surface area contributed by atoms with E-state index in [0.29, 0.717) is 6.10 Å². The van der Waals surface area contributed by atoms with Crippen molar-refractivity contribution in [1.29, 1.82) is 0 Å². The van der Waals surface area contributed by atoms with Crippen LogP contribution in [0.1, 0.15) is 37.1 Å². The molecule has 1 rings (SSSR count). The van der Waals surface area contributed by atoms with Gasteiger partial charge in [0, 0.05) is 18.0 Å². The predicted molar refractivity (Wildman–Crippen MR) is 71.1 cm³/mol. The monoisotopic (exact) mass is 241 g/mol. The second-order valence-electron chi connectivity index (χ2n) is 4.17. The first-order valence-electron chi connectivity index (χ1n) is 6.09. The Bertz CT molecular complexity index is 285. The van der Waals surface area contributed by atoms with E-state index in [0.717, 1.165) is 26.1 Å². The van der Waals surface area contributed by atoms with E-state index in [1.54, 1.807) is 0 Å². The number of rotatable bonds is 8. The van der Waals surface area contributed by atoms with Crippen LogP contribution in [0.25, 0.3) is 0 Å². The quantitative estimate of drug-likeness (QED) is 0.705. The lowest BCUT2D eigenvalue weighted by atomic mass is 10.2. The van der Waals surface area contributed by atoms with Crippen molar-refractivity contribution in [3.05, 3.63) is 21.9 Å². The summed E-state index contributed by atoms with van der Waals surface area (Å²) in [6.45, 7) is 9.21. The summed E-state index contributed by atoms with van der Waals surface area (Å²) < 4.78 is 5.67.